The van der Waals surface area contributed by atoms with Gasteiger partial charge in [-0.05, 0) is 90.9 Å². The topological polar surface area (TPSA) is 159 Å². The van der Waals surface area contributed by atoms with Gasteiger partial charge in [0, 0.05) is 54.4 Å². The summed E-state index contributed by atoms with van der Waals surface area (Å²) in [5.74, 6) is -3.14. The van der Waals surface area contributed by atoms with Crippen LogP contribution >= 0.6 is 23.2 Å². The highest BCUT2D eigenvalue weighted by atomic mass is 35.5. The number of aromatic amines is 3. The van der Waals surface area contributed by atoms with Crippen LogP contribution in [0.1, 0.15) is 59.3 Å². The van der Waals surface area contributed by atoms with Crippen LogP contribution in [0.4, 0.5) is 13.2 Å². The summed E-state index contributed by atoms with van der Waals surface area (Å²) in [6, 6.07) is 35.3. The number of carboxylic acid groups (broad SMARTS) is 3. The molecule has 0 saturated heterocycles. The zero-order valence-electron chi connectivity index (χ0n) is 34.5. The summed E-state index contributed by atoms with van der Waals surface area (Å²) in [6.45, 7) is 7.72. The second kappa shape index (κ2) is 17.8. The Kier molecular flexibility index (Phi) is 12.5. The highest BCUT2D eigenvalue weighted by Crippen LogP contribution is 2.41. The van der Waals surface area contributed by atoms with E-state index < -0.39 is 34.7 Å². The van der Waals surface area contributed by atoms with Crippen molar-refractivity contribution in [3.8, 4) is 33.4 Å². The molecule has 0 fully saturated rings. The van der Waals surface area contributed by atoms with E-state index in [-0.39, 0.29) is 28.2 Å². The maximum atomic E-state index is 13.1. The first-order valence-electron chi connectivity index (χ1n) is 19.6. The van der Waals surface area contributed by atoms with Crippen molar-refractivity contribution < 1.29 is 42.9 Å². The zero-order chi connectivity index (χ0) is 46.2. The van der Waals surface area contributed by atoms with Crippen LogP contribution < -0.4 is 0 Å². The number of carbonyl (C=O) groups is 3. The Morgan fingerprint density at radius 1 is 0.484 bits per heavy atom. The van der Waals surface area contributed by atoms with Gasteiger partial charge < -0.3 is 30.3 Å². The van der Waals surface area contributed by atoms with Gasteiger partial charge in [0.05, 0.1) is 10.6 Å². The minimum Gasteiger partial charge on any atom is -0.477 e. The third-order valence-corrected chi connectivity index (χ3v) is 11.5. The summed E-state index contributed by atoms with van der Waals surface area (Å²) in [7, 11) is 0. The monoisotopic (exact) mass is 903 g/mol. The molecule has 0 amide bonds. The van der Waals surface area contributed by atoms with Gasteiger partial charge in [0.25, 0.3) is 0 Å². The standard InChI is InChI=1S/C17H11ClF3NO2.C17H15NO2.C16H12ClNO2/c1-8-3-2-4-10-13(15(16(23)24)22-14(8)10)9-5-6-12(18)11(7-9)17(19,20)21;1-10-6-3-4-8-12(10)14-13-9-5-7-11(2)15(13)18-16(14)17(19)20;1-9-3-2-4-12-13(10-5-7-11(17)8-6-10)15(16(19)20)18-14(9)12/h2-7,22H,1H3,(H,23,24);3-9,18H,1-2H3,(H,19,20);2-8,18H,1H3,(H,19,20). The minimum absolute atomic E-state index is 0.140. The number of para-hydroxylation sites is 3. The van der Waals surface area contributed by atoms with Gasteiger partial charge in [-0.2, -0.15) is 13.2 Å². The molecule has 0 radical (unpaired) electrons. The molecule has 0 aliphatic carbocycles. The number of hydrogen-bond donors (Lipinski definition) is 6. The number of hydrogen-bond acceptors (Lipinski definition) is 3. The van der Waals surface area contributed by atoms with E-state index in [2.05, 4.69) is 15.0 Å². The lowest BCUT2D eigenvalue weighted by Gasteiger charge is -2.11. The predicted molar refractivity (Wildman–Crippen MR) is 246 cm³/mol. The van der Waals surface area contributed by atoms with E-state index >= 15 is 0 Å². The van der Waals surface area contributed by atoms with Crippen molar-refractivity contribution in [3.63, 3.8) is 0 Å². The first kappa shape index (κ1) is 44.8. The zero-order valence-corrected chi connectivity index (χ0v) is 36.0. The molecular formula is C50H38Cl2F3N3O6. The number of fused-ring (bicyclic) bond motifs is 3. The van der Waals surface area contributed by atoms with Gasteiger partial charge in [0.1, 0.15) is 17.1 Å². The van der Waals surface area contributed by atoms with Crippen molar-refractivity contribution in [2.24, 2.45) is 0 Å². The number of aromatic nitrogens is 3. The molecule has 0 aliphatic rings. The molecule has 64 heavy (non-hydrogen) atoms. The molecule has 3 heterocycles. The molecule has 0 bridgehead atoms. The fourth-order valence-corrected chi connectivity index (χ4v) is 8.17. The first-order valence-corrected chi connectivity index (χ1v) is 20.4. The smallest absolute Gasteiger partial charge is 0.417 e. The van der Waals surface area contributed by atoms with Crippen LogP contribution in [0, 0.1) is 27.7 Å². The fourth-order valence-electron chi connectivity index (χ4n) is 7.82. The van der Waals surface area contributed by atoms with Crippen molar-refractivity contribution >= 4 is 73.8 Å². The van der Waals surface area contributed by atoms with Crippen molar-refractivity contribution in [2.75, 3.05) is 0 Å². The summed E-state index contributed by atoms with van der Waals surface area (Å²) in [4.78, 5) is 43.4. The Hall–Kier alpha value is -7.28. The number of nitrogens with one attached hydrogen (secondary N) is 3. The Labute approximate surface area is 373 Å². The van der Waals surface area contributed by atoms with Crippen molar-refractivity contribution in [3.05, 3.63) is 176 Å². The van der Waals surface area contributed by atoms with E-state index in [1.807, 2.05) is 93.6 Å². The molecule has 9 rings (SSSR count). The Balaban J connectivity index is 0.000000144. The molecule has 0 aliphatic heterocycles. The molecule has 6 aromatic carbocycles. The van der Waals surface area contributed by atoms with Crippen molar-refractivity contribution in [1.29, 1.82) is 0 Å². The first-order chi connectivity index (χ1) is 30.4. The Bertz CT molecular complexity index is 3270. The van der Waals surface area contributed by atoms with Crippen LogP contribution in [0.25, 0.3) is 66.1 Å². The third kappa shape index (κ3) is 8.70. The largest absolute Gasteiger partial charge is 0.477 e. The summed E-state index contributed by atoms with van der Waals surface area (Å²) >= 11 is 11.5. The molecule has 0 spiro atoms. The molecule has 0 unspecified atom stereocenters. The molecule has 14 heteroatoms. The average Bonchev–Trinajstić information content (AvgIpc) is 3.96. The van der Waals surface area contributed by atoms with E-state index in [1.54, 1.807) is 37.3 Å². The number of carboxylic acids is 3. The van der Waals surface area contributed by atoms with E-state index in [0.717, 1.165) is 72.9 Å². The molecule has 9 nitrogen and oxygen atoms in total. The van der Waals surface area contributed by atoms with Crippen molar-refractivity contribution in [1.82, 2.24) is 15.0 Å². The number of aryl methyl sites for hydroxylation is 4. The number of H-pyrrole nitrogens is 3. The number of halogens is 5. The van der Waals surface area contributed by atoms with Gasteiger partial charge in [0.2, 0.25) is 0 Å². The summed E-state index contributed by atoms with van der Waals surface area (Å²) < 4.78 is 39.3. The summed E-state index contributed by atoms with van der Waals surface area (Å²) in [6.07, 6.45) is -4.63. The maximum absolute atomic E-state index is 13.1. The number of aromatic carboxylic acids is 3. The number of alkyl halides is 3. The van der Waals surface area contributed by atoms with Gasteiger partial charge in [-0.1, -0.05) is 120 Å². The highest BCUT2D eigenvalue weighted by molar-refractivity contribution is 6.31. The second-order valence-electron chi connectivity index (χ2n) is 15.0. The van der Waals surface area contributed by atoms with Crippen LogP contribution in [0.3, 0.4) is 0 Å². The van der Waals surface area contributed by atoms with Crippen LogP contribution in [-0.2, 0) is 6.18 Å². The van der Waals surface area contributed by atoms with Crippen molar-refractivity contribution in [2.45, 2.75) is 33.9 Å². The Morgan fingerprint density at radius 3 is 1.31 bits per heavy atom. The van der Waals surface area contributed by atoms with Gasteiger partial charge in [0.15, 0.2) is 0 Å². The fraction of sp³-hybridized carbons (Fsp3) is 0.100. The molecule has 6 N–H and O–H groups in total. The molecule has 9 aromatic rings. The van der Waals surface area contributed by atoms with Gasteiger partial charge in [-0.3, -0.25) is 0 Å². The van der Waals surface area contributed by atoms with Crippen LogP contribution in [-0.4, -0.2) is 48.2 Å². The average molecular weight is 905 g/mol. The Morgan fingerprint density at radius 2 is 0.875 bits per heavy atom. The number of rotatable bonds is 6. The van der Waals surface area contributed by atoms with E-state index in [9.17, 15) is 42.9 Å². The third-order valence-electron chi connectivity index (χ3n) is 10.9. The molecule has 0 saturated carbocycles. The number of benzene rings is 6. The van der Waals surface area contributed by atoms with Gasteiger partial charge in [-0.25, -0.2) is 14.4 Å². The molecular weight excluding hydrogens is 866 g/mol. The van der Waals surface area contributed by atoms with E-state index in [4.69, 9.17) is 23.2 Å². The van der Waals surface area contributed by atoms with Crippen LogP contribution in [0.5, 0.6) is 0 Å². The predicted octanol–water partition coefficient (Wildman–Crippen LogP) is 14.2. The lowest BCUT2D eigenvalue weighted by molar-refractivity contribution is -0.137. The maximum Gasteiger partial charge on any atom is 0.417 e. The molecule has 3 aromatic heterocycles. The quantitative estimate of drug-likeness (QED) is 0.0974. The van der Waals surface area contributed by atoms with E-state index in [1.165, 1.54) is 6.07 Å². The lowest BCUT2D eigenvalue weighted by atomic mass is 9.97. The SMILES string of the molecule is Cc1cccc2c(-c3ccc(Cl)c(C(F)(F)F)c3)c(C(=O)O)[nH]c12.Cc1cccc2c(-c3ccc(Cl)cc3)c(C(=O)O)[nH]c12.Cc1ccccc1-c1c(C(=O)O)[nH]c2c(C)cccc12. The highest BCUT2D eigenvalue weighted by Gasteiger charge is 2.34. The van der Waals surface area contributed by atoms with Crippen LogP contribution in [0.15, 0.2) is 121 Å². The minimum atomic E-state index is -4.63. The van der Waals surface area contributed by atoms with Crippen LogP contribution in [0.2, 0.25) is 10.0 Å². The normalized spacial score (nSPS) is 11.3. The second-order valence-corrected chi connectivity index (χ2v) is 15.9. The molecule has 324 valence electrons. The molecule has 0 atom stereocenters. The van der Waals surface area contributed by atoms with E-state index in [0.29, 0.717) is 21.5 Å². The van der Waals surface area contributed by atoms with Gasteiger partial charge >= 0.3 is 24.1 Å². The summed E-state index contributed by atoms with van der Waals surface area (Å²) in [5, 5.41) is 30.9. The van der Waals surface area contributed by atoms with Gasteiger partial charge in [-0.15, -0.1) is 0 Å². The summed E-state index contributed by atoms with van der Waals surface area (Å²) in [5.41, 5.74) is 9.18. The lowest BCUT2D eigenvalue weighted by Crippen LogP contribution is -2.06.